The maximum absolute atomic E-state index is 4.72. The third-order valence-electron chi connectivity index (χ3n) is 3.68. The normalized spacial score (nSPS) is 12.6. The molecule has 0 aromatic heterocycles. The Hall–Kier alpha value is -2.61. The largest absolute Gasteiger partial charge is 0.340 e. The van der Waals surface area contributed by atoms with Crippen molar-refractivity contribution in [2.24, 2.45) is 4.99 Å². The number of hydrogen-bond donors (Lipinski definition) is 1. The molecule has 0 atom stereocenters. The molecule has 0 radical (unpaired) electrons. The molecule has 2 heteroatoms. The molecule has 1 N–H and O–H groups in total. The van der Waals surface area contributed by atoms with Gasteiger partial charge in [0.25, 0.3) is 0 Å². The molecule has 0 unspecified atom stereocenters. The summed E-state index contributed by atoms with van der Waals surface area (Å²) in [7, 11) is 0. The van der Waals surface area contributed by atoms with E-state index in [1.54, 1.807) is 0 Å². The Kier molecular flexibility index (Phi) is 2.36. The van der Waals surface area contributed by atoms with Gasteiger partial charge in [0.05, 0.1) is 5.69 Å². The second-order valence-electron chi connectivity index (χ2n) is 5.13. The number of benzene rings is 3. The van der Waals surface area contributed by atoms with E-state index in [9.17, 15) is 0 Å². The van der Waals surface area contributed by atoms with Gasteiger partial charge < -0.3 is 5.32 Å². The van der Waals surface area contributed by atoms with Gasteiger partial charge in [-0.1, -0.05) is 48.0 Å². The predicted molar refractivity (Wildman–Crippen MR) is 84.9 cm³/mol. The van der Waals surface area contributed by atoms with E-state index in [0.717, 1.165) is 17.2 Å². The van der Waals surface area contributed by atoms with Crippen molar-refractivity contribution < 1.29 is 0 Å². The van der Waals surface area contributed by atoms with Crippen molar-refractivity contribution in [3.8, 4) is 0 Å². The van der Waals surface area contributed by atoms with Crippen molar-refractivity contribution in [1.29, 1.82) is 0 Å². The first-order chi connectivity index (χ1) is 9.81. The molecule has 1 aliphatic rings. The van der Waals surface area contributed by atoms with Crippen molar-refractivity contribution in [1.82, 2.24) is 0 Å². The van der Waals surface area contributed by atoms with Crippen molar-refractivity contribution >= 4 is 28.0 Å². The molecular formula is C18H14N2. The Morgan fingerprint density at radius 3 is 2.40 bits per heavy atom. The number of aryl methyl sites for hydroxylation is 1. The molecule has 4 rings (SSSR count). The Morgan fingerprint density at radius 1 is 0.850 bits per heavy atom. The highest BCUT2D eigenvalue weighted by molar-refractivity contribution is 6.23. The number of aliphatic imine (C=N–C) groups is 1. The lowest BCUT2D eigenvalue weighted by molar-refractivity contribution is 1.46. The molecule has 0 amide bonds. The first-order valence-corrected chi connectivity index (χ1v) is 6.76. The van der Waals surface area contributed by atoms with Gasteiger partial charge in [0.1, 0.15) is 5.84 Å². The lowest BCUT2D eigenvalue weighted by Crippen LogP contribution is -2.11. The highest BCUT2D eigenvalue weighted by Crippen LogP contribution is 2.35. The summed E-state index contributed by atoms with van der Waals surface area (Å²) in [6.07, 6.45) is 0. The third-order valence-corrected chi connectivity index (χ3v) is 3.68. The lowest BCUT2D eigenvalue weighted by Gasteiger charge is -2.07. The third kappa shape index (κ3) is 1.69. The topological polar surface area (TPSA) is 24.4 Å². The van der Waals surface area contributed by atoms with Gasteiger partial charge >= 0.3 is 0 Å². The molecule has 20 heavy (non-hydrogen) atoms. The number of nitrogens with zero attached hydrogens (tertiary/aromatic N) is 1. The van der Waals surface area contributed by atoms with Gasteiger partial charge in [-0.25, -0.2) is 4.99 Å². The zero-order valence-electron chi connectivity index (χ0n) is 11.2. The molecule has 2 nitrogen and oxygen atoms in total. The maximum atomic E-state index is 4.72. The minimum Gasteiger partial charge on any atom is -0.340 e. The van der Waals surface area contributed by atoms with Crippen LogP contribution in [-0.4, -0.2) is 5.84 Å². The van der Waals surface area contributed by atoms with Gasteiger partial charge in [-0.05, 0) is 30.5 Å². The summed E-state index contributed by atoms with van der Waals surface area (Å²) >= 11 is 0. The van der Waals surface area contributed by atoms with Crippen LogP contribution in [0.3, 0.4) is 0 Å². The summed E-state index contributed by atoms with van der Waals surface area (Å²) in [5.74, 6) is 0.931. The van der Waals surface area contributed by atoms with Crippen LogP contribution in [0.2, 0.25) is 0 Å². The lowest BCUT2D eigenvalue weighted by atomic mass is 10.0. The molecule has 1 heterocycles. The minimum absolute atomic E-state index is 0.931. The monoisotopic (exact) mass is 258 g/mol. The molecule has 96 valence electrons. The Balaban J connectivity index is 1.79. The van der Waals surface area contributed by atoms with Crippen LogP contribution in [0.5, 0.6) is 0 Å². The second kappa shape index (κ2) is 4.20. The van der Waals surface area contributed by atoms with Crippen LogP contribution in [0.1, 0.15) is 11.1 Å². The van der Waals surface area contributed by atoms with Gasteiger partial charge in [0.2, 0.25) is 0 Å². The average Bonchev–Trinajstić information content (AvgIpc) is 2.82. The van der Waals surface area contributed by atoms with Crippen molar-refractivity contribution in [2.75, 3.05) is 5.32 Å². The number of rotatable bonds is 1. The van der Waals surface area contributed by atoms with E-state index >= 15 is 0 Å². The first-order valence-electron chi connectivity index (χ1n) is 6.76. The molecule has 0 aliphatic carbocycles. The van der Waals surface area contributed by atoms with Gasteiger partial charge in [0.15, 0.2) is 0 Å². The van der Waals surface area contributed by atoms with Crippen LogP contribution >= 0.6 is 0 Å². The molecule has 0 saturated heterocycles. The van der Waals surface area contributed by atoms with Crippen LogP contribution in [-0.2, 0) is 0 Å². The molecule has 0 saturated carbocycles. The summed E-state index contributed by atoms with van der Waals surface area (Å²) in [5.41, 5.74) is 4.56. The summed E-state index contributed by atoms with van der Waals surface area (Å²) in [6.45, 7) is 2.09. The highest BCUT2D eigenvalue weighted by atomic mass is 15.0. The second-order valence-corrected chi connectivity index (χ2v) is 5.13. The molecule has 3 aromatic rings. The number of nitrogens with one attached hydrogen (secondary N) is 1. The smallest absolute Gasteiger partial charge is 0.139 e. The zero-order valence-corrected chi connectivity index (χ0v) is 11.2. The van der Waals surface area contributed by atoms with E-state index in [0.29, 0.717) is 0 Å². The maximum Gasteiger partial charge on any atom is 0.139 e. The Labute approximate surface area is 117 Å². The zero-order chi connectivity index (χ0) is 13.5. The number of anilines is 1. The molecule has 3 aromatic carbocycles. The van der Waals surface area contributed by atoms with E-state index in [1.807, 2.05) is 0 Å². The van der Waals surface area contributed by atoms with Gasteiger partial charge in [-0.2, -0.15) is 0 Å². The summed E-state index contributed by atoms with van der Waals surface area (Å²) < 4.78 is 0. The summed E-state index contributed by atoms with van der Waals surface area (Å²) in [5, 5.41) is 5.91. The van der Waals surface area contributed by atoms with Crippen LogP contribution in [0, 0.1) is 6.92 Å². The van der Waals surface area contributed by atoms with Crippen LogP contribution in [0.15, 0.2) is 65.7 Å². The SMILES string of the molecule is Cc1ccc(NC2=Nc3cccc4cccc2c34)cc1. The van der Waals surface area contributed by atoms with Crippen molar-refractivity contribution in [3.05, 3.63) is 71.8 Å². The minimum atomic E-state index is 0.931. The predicted octanol–water partition coefficient (Wildman–Crippen LogP) is 4.65. The number of hydrogen-bond acceptors (Lipinski definition) is 2. The average molecular weight is 258 g/mol. The van der Waals surface area contributed by atoms with Crippen LogP contribution in [0.4, 0.5) is 11.4 Å². The van der Waals surface area contributed by atoms with E-state index in [1.165, 1.54) is 21.9 Å². The van der Waals surface area contributed by atoms with E-state index in [2.05, 4.69) is 72.9 Å². The quantitative estimate of drug-likeness (QED) is 0.675. The fourth-order valence-corrected chi connectivity index (χ4v) is 2.66. The van der Waals surface area contributed by atoms with Crippen LogP contribution in [0.25, 0.3) is 10.8 Å². The van der Waals surface area contributed by atoms with Gasteiger partial charge in [-0.15, -0.1) is 0 Å². The molecular weight excluding hydrogens is 244 g/mol. The fourth-order valence-electron chi connectivity index (χ4n) is 2.66. The summed E-state index contributed by atoms with van der Waals surface area (Å²) in [6, 6.07) is 21.0. The highest BCUT2D eigenvalue weighted by Gasteiger charge is 2.17. The molecule has 0 fully saturated rings. The van der Waals surface area contributed by atoms with Crippen LogP contribution < -0.4 is 5.32 Å². The standard InChI is InChI=1S/C18H14N2/c1-12-8-10-14(11-9-12)19-18-15-6-2-4-13-5-3-7-16(20-18)17(13)15/h2-11H,1H3,(H,19,20). The molecule has 0 spiro atoms. The molecule has 0 bridgehead atoms. The van der Waals surface area contributed by atoms with E-state index in [-0.39, 0.29) is 0 Å². The van der Waals surface area contributed by atoms with Gasteiger partial charge in [-0.3, -0.25) is 0 Å². The molecule has 1 aliphatic heterocycles. The van der Waals surface area contributed by atoms with E-state index < -0.39 is 0 Å². The number of amidine groups is 1. The Morgan fingerprint density at radius 2 is 1.60 bits per heavy atom. The van der Waals surface area contributed by atoms with Gasteiger partial charge in [0, 0.05) is 16.6 Å². The Bertz CT molecular complexity index is 824. The summed E-state index contributed by atoms with van der Waals surface area (Å²) in [4.78, 5) is 4.72. The fraction of sp³-hybridized carbons (Fsp3) is 0.0556. The van der Waals surface area contributed by atoms with Crippen molar-refractivity contribution in [2.45, 2.75) is 6.92 Å². The first kappa shape index (κ1) is 11.2. The van der Waals surface area contributed by atoms with E-state index in [4.69, 9.17) is 4.99 Å². The van der Waals surface area contributed by atoms with Crippen molar-refractivity contribution in [3.63, 3.8) is 0 Å².